The molecule has 128 valence electrons. The highest BCUT2D eigenvalue weighted by molar-refractivity contribution is 6.36. The van der Waals surface area contributed by atoms with Crippen molar-refractivity contribution in [2.24, 2.45) is 0 Å². The first-order valence-electron chi connectivity index (χ1n) is 8.02. The van der Waals surface area contributed by atoms with Gasteiger partial charge in [-0.25, -0.2) is 4.98 Å². The van der Waals surface area contributed by atoms with Crippen LogP contribution in [0.2, 0.25) is 10.0 Å². The summed E-state index contributed by atoms with van der Waals surface area (Å²) in [6.45, 7) is 1.71. The molecule has 1 atom stereocenters. The van der Waals surface area contributed by atoms with Gasteiger partial charge in [0.2, 0.25) is 5.91 Å². The summed E-state index contributed by atoms with van der Waals surface area (Å²) in [6.07, 6.45) is 4.71. The lowest BCUT2D eigenvalue weighted by Crippen LogP contribution is -2.37. The number of hydrogen-bond donors (Lipinski definition) is 2. The highest BCUT2D eigenvalue weighted by Crippen LogP contribution is 2.30. The maximum atomic E-state index is 11.9. The zero-order chi connectivity index (χ0) is 16.9. The molecular weight excluding hydrogens is 349 g/mol. The molecule has 0 bridgehead atoms. The molecule has 24 heavy (non-hydrogen) atoms. The molecule has 1 aromatic heterocycles. The molecule has 7 heteroatoms. The molecule has 0 radical (unpaired) electrons. The van der Waals surface area contributed by atoms with Crippen molar-refractivity contribution in [3.63, 3.8) is 0 Å². The zero-order valence-corrected chi connectivity index (χ0v) is 14.7. The van der Waals surface area contributed by atoms with Crippen LogP contribution < -0.4 is 10.6 Å². The average molecular weight is 368 g/mol. The average Bonchev–Trinajstić information content (AvgIpc) is 3.22. The van der Waals surface area contributed by atoms with E-state index in [0.29, 0.717) is 47.1 Å². The Morgan fingerprint density at radius 1 is 1.42 bits per heavy atom. The van der Waals surface area contributed by atoms with Gasteiger partial charge in [0.05, 0.1) is 11.2 Å². The van der Waals surface area contributed by atoms with Crippen molar-refractivity contribution in [1.82, 2.24) is 15.6 Å². The number of hydrogen-bond acceptors (Lipinski definition) is 4. The quantitative estimate of drug-likeness (QED) is 0.820. The van der Waals surface area contributed by atoms with Gasteiger partial charge in [-0.1, -0.05) is 23.2 Å². The van der Waals surface area contributed by atoms with Gasteiger partial charge in [-0.15, -0.1) is 0 Å². The predicted octanol–water partition coefficient (Wildman–Crippen LogP) is 3.45. The summed E-state index contributed by atoms with van der Waals surface area (Å²) in [4.78, 5) is 16.1. The molecule has 0 saturated carbocycles. The Labute approximate surface area is 150 Å². The number of nitrogens with zero attached hydrogens (tertiary/aromatic N) is 1. The molecule has 1 fully saturated rings. The summed E-state index contributed by atoms with van der Waals surface area (Å²) in [5.41, 5.74) is 0.733. The first-order valence-corrected chi connectivity index (χ1v) is 8.77. The third-order valence-electron chi connectivity index (χ3n) is 4.02. The number of halogens is 2. The molecule has 2 N–H and O–H groups in total. The molecular formula is C17H19Cl2N3O2. The fourth-order valence-corrected chi connectivity index (χ4v) is 3.22. The normalized spacial score (nSPS) is 17.2. The van der Waals surface area contributed by atoms with E-state index in [1.54, 1.807) is 24.4 Å². The predicted molar refractivity (Wildman–Crippen MR) is 94.3 cm³/mol. The number of aromatic nitrogens is 1. The third-order valence-corrected chi connectivity index (χ3v) is 4.57. The van der Waals surface area contributed by atoms with Crippen LogP contribution in [0.4, 0.5) is 0 Å². The number of carbonyl (C=O) groups is 1. The summed E-state index contributed by atoms with van der Waals surface area (Å²) >= 11 is 12.1. The van der Waals surface area contributed by atoms with Gasteiger partial charge in [0.15, 0.2) is 11.7 Å². The molecule has 2 aromatic rings. The van der Waals surface area contributed by atoms with Gasteiger partial charge >= 0.3 is 0 Å². The van der Waals surface area contributed by atoms with E-state index in [-0.39, 0.29) is 5.91 Å². The molecule has 0 aliphatic carbocycles. The molecule has 1 aromatic carbocycles. The third kappa shape index (κ3) is 4.50. The summed E-state index contributed by atoms with van der Waals surface area (Å²) in [6, 6.07) is 5.59. The second-order valence-corrected chi connectivity index (χ2v) is 6.68. The number of nitrogens with one attached hydrogen (secondary N) is 2. The van der Waals surface area contributed by atoms with Crippen LogP contribution in [-0.2, 0) is 11.2 Å². The van der Waals surface area contributed by atoms with Crippen molar-refractivity contribution in [3.05, 3.63) is 40.3 Å². The van der Waals surface area contributed by atoms with E-state index in [9.17, 15) is 4.79 Å². The fourth-order valence-electron chi connectivity index (χ4n) is 2.72. The van der Waals surface area contributed by atoms with Crippen molar-refractivity contribution >= 4 is 29.1 Å². The van der Waals surface area contributed by atoms with Gasteiger partial charge in [-0.2, -0.15) is 0 Å². The topological polar surface area (TPSA) is 67.2 Å². The molecule has 2 heterocycles. The summed E-state index contributed by atoms with van der Waals surface area (Å²) < 4.78 is 5.69. The Hall–Kier alpha value is -1.56. The smallest absolute Gasteiger partial charge is 0.220 e. The second-order valence-electron chi connectivity index (χ2n) is 5.84. The first-order chi connectivity index (χ1) is 11.6. The summed E-state index contributed by atoms with van der Waals surface area (Å²) in [5, 5.41) is 7.36. The number of benzene rings is 1. The number of amides is 1. The largest absolute Gasteiger partial charge is 0.441 e. The van der Waals surface area contributed by atoms with Crippen LogP contribution in [0.1, 0.15) is 25.2 Å². The lowest BCUT2D eigenvalue weighted by atomic mass is 10.2. The molecule has 5 nitrogen and oxygen atoms in total. The molecule has 1 amide bonds. The molecule has 1 aliphatic heterocycles. The van der Waals surface area contributed by atoms with Gasteiger partial charge < -0.3 is 15.1 Å². The van der Waals surface area contributed by atoms with E-state index in [1.807, 2.05) is 0 Å². The standard InChI is InChI=1S/C17H19Cl2N3O2/c18-11-3-4-13(14(19)8-11)15-10-22-17(24-15)6-5-16(23)21-9-12-2-1-7-20-12/h3-4,8,10,12,20H,1-2,5-7,9H2,(H,21,23). The molecule has 3 rings (SSSR count). The number of oxazole rings is 1. The van der Waals surface area contributed by atoms with Crippen LogP contribution in [0.15, 0.2) is 28.8 Å². The van der Waals surface area contributed by atoms with E-state index in [2.05, 4.69) is 15.6 Å². The van der Waals surface area contributed by atoms with Gasteiger partial charge in [0.25, 0.3) is 0 Å². The number of carbonyl (C=O) groups excluding carboxylic acids is 1. The van der Waals surface area contributed by atoms with Crippen LogP contribution in [0.25, 0.3) is 11.3 Å². The van der Waals surface area contributed by atoms with Crippen LogP contribution in [0, 0.1) is 0 Å². The molecule has 0 spiro atoms. The van der Waals surface area contributed by atoms with E-state index >= 15 is 0 Å². The second kappa shape index (κ2) is 8.01. The lowest BCUT2D eigenvalue weighted by Gasteiger charge is -2.10. The number of aryl methyl sites for hydroxylation is 1. The summed E-state index contributed by atoms with van der Waals surface area (Å²) in [7, 11) is 0. The van der Waals surface area contributed by atoms with Crippen molar-refractivity contribution in [2.45, 2.75) is 31.7 Å². The van der Waals surface area contributed by atoms with Gasteiger partial charge in [-0.3, -0.25) is 4.79 Å². The zero-order valence-electron chi connectivity index (χ0n) is 13.1. The van der Waals surface area contributed by atoms with Crippen molar-refractivity contribution in [1.29, 1.82) is 0 Å². The van der Waals surface area contributed by atoms with Gasteiger partial charge in [-0.05, 0) is 37.6 Å². The minimum Gasteiger partial charge on any atom is -0.441 e. The van der Waals surface area contributed by atoms with Crippen LogP contribution in [0.5, 0.6) is 0 Å². The number of rotatable bonds is 6. The molecule has 1 aliphatic rings. The Morgan fingerprint density at radius 3 is 3.04 bits per heavy atom. The first kappa shape index (κ1) is 17.3. The van der Waals surface area contributed by atoms with Gasteiger partial charge in [0, 0.05) is 36.0 Å². The van der Waals surface area contributed by atoms with Gasteiger partial charge in [0.1, 0.15) is 0 Å². The Morgan fingerprint density at radius 2 is 2.29 bits per heavy atom. The maximum absolute atomic E-state index is 11.9. The fraction of sp³-hybridized carbons (Fsp3) is 0.412. The Bertz CT molecular complexity index is 712. The lowest BCUT2D eigenvalue weighted by molar-refractivity contribution is -0.121. The van der Waals surface area contributed by atoms with Crippen molar-refractivity contribution < 1.29 is 9.21 Å². The monoisotopic (exact) mass is 367 g/mol. The minimum atomic E-state index is 0.00738. The van der Waals surface area contributed by atoms with E-state index < -0.39 is 0 Å². The Kier molecular flexibility index (Phi) is 5.76. The van der Waals surface area contributed by atoms with Crippen molar-refractivity contribution in [2.75, 3.05) is 13.1 Å². The van der Waals surface area contributed by atoms with E-state index in [4.69, 9.17) is 27.6 Å². The maximum Gasteiger partial charge on any atom is 0.220 e. The molecule has 1 unspecified atom stereocenters. The van der Waals surface area contributed by atoms with Crippen LogP contribution >= 0.6 is 23.2 Å². The van der Waals surface area contributed by atoms with Crippen LogP contribution in [-0.4, -0.2) is 30.0 Å². The van der Waals surface area contributed by atoms with E-state index in [0.717, 1.165) is 18.5 Å². The highest BCUT2D eigenvalue weighted by Gasteiger charge is 2.15. The summed E-state index contributed by atoms with van der Waals surface area (Å²) in [5.74, 6) is 1.10. The minimum absolute atomic E-state index is 0.00738. The molecule has 1 saturated heterocycles. The SMILES string of the molecule is O=C(CCc1ncc(-c2ccc(Cl)cc2Cl)o1)NCC1CCCN1. The van der Waals surface area contributed by atoms with E-state index in [1.165, 1.54) is 6.42 Å². The van der Waals surface area contributed by atoms with Crippen molar-refractivity contribution in [3.8, 4) is 11.3 Å². The van der Waals surface area contributed by atoms with Crippen LogP contribution in [0.3, 0.4) is 0 Å². The Balaban J connectivity index is 1.51. The highest BCUT2D eigenvalue weighted by atomic mass is 35.5.